The summed E-state index contributed by atoms with van der Waals surface area (Å²) in [6, 6.07) is 26.9. The summed E-state index contributed by atoms with van der Waals surface area (Å²) >= 11 is 1.46. The average molecular weight is 395 g/mol. The van der Waals surface area contributed by atoms with Crippen molar-refractivity contribution in [3.05, 3.63) is 107 Å². The Labute approximate surface area is 173 Å². The predicted octanol–water partition coefficient (Wildman–Crippen LogP) is 5.52. The molecule has 0 bridgehead atoms. The van der Waals surface area contributed by atoms with Crippen LogP contribution in [0.3, 0.4) is 0 Å². The van der Waals surface area contributed by atoms with E-state index in [2.05, 4.69) is 28.5 Å². The molecular formula is C24H17N3OS. The number of hydrogen-bond acceptors (Lipinski definition) is 4. The standard InChI is InChI=1S/C24H17N3OS/c25-15-18-10-4-5-11-20(18)21-12-6-7-13-22(21)23(28)27-24-26-16-19(29-24)14-17-8-2-1-3-9-17/h1-13,16H,14H2,(H,26,27,28). The minimum Gasteiger partial charge on any atom is -0.298 e. The maximum atomic E-state index is 12.9. The van der Waals surface area contributed by atoms with Crippen molar-refractivity contribution < 1.29 is 4.79 Å². The Morgan fingerprint density at radius 2 is 1.62 bits per heavy atom. The first kappa shape index (κ1) is 18.6. The fraction of sp³-hybridized carbons (Fsp3) is 0.0417. The molecule has 4 rings (SSSR count). The second-order valence-corrected chi connectivity index (χ2v) is 7.57. The molecule has 0 aliphatic rings. The molecular weight excluding hydrogens is 378 g/mol. The van der Waals surface area contributed by atoms with Crippen molar-refractivity contribution >= 4 is 22.4 Å². The number of aromatic nitrogens is 1. The minimum atomic E-state index is -0.242. The van der Waals surface area contributed by atoms with Crippen LogP contribution in [-0.2, 0) is 6.42 Å². The number of rotatable bonds is 5. The Balaban J connectivity index is 1.57. The van der Waals surface area contributed by atoms with Gasteiger partial charge in [0.05, 0.1) is 11.6 Å². The van der Waals surface area contributed by atoms with Crippen LogP contribution in [-0.4, -0.2) is 10.9 Å². The molecule has 0 saturated heterocycles. The Hall–Kier alpha value is -3.75. The van der Waals surface area contributed by atoms with Crippen LogP contribution in [0.2, 0.25) is 0 Å². The Morgan fingerprint density at radius 3 is 2.41 bits per heavy atom. The number of nitriles is 1. The third kappa shape index (κ3) is 4.23. The number of carbonyl (C=O) groups excluding carboxylic acids is 1. The summed E-state index contributed by atoms with van der Waals surface area (Å²) in [6.45, 7) is 0. The molecule has 4 aromatic rings. The number of benzene rings is 3. The lowest BCUT2D eigenvalue weighted by atomic mass is 9.95. The molecule has 4 nitrogen and oxygen atoms in total. The van der Waals surface area contributed by atoms with E-state index in [9.17, 15) is 10.1 Å². The summed E-state index contributed by atoms with van der Waals surface area (Å²) in [6.07, 6.45) is 2.57. The Kier molecular flexibility index (Phi) is 5.46. The number of thiazole rings is 1. The molecule has 29 heavy (non-hydrogen) atoms. The van der Waals surface area contributed by atoms with E-state index in [-0.39, 0.29) is 5.91 Å². The lowest BCUT2D eigenvalue weighted by molar-refractivity contribution is 0.102. The van der Waals surface area contributed by atoms with Gasteiger partial charge in [0.2, 0.25) is 0 Å². The average Bonchev–Trinajstić information content (AvgIpc) is 3.21. The second-order valence-electron chi connectivity index (χ2n) is 6.45. The zero-order valence-electron chi connectivity index (χ0n) is 15.5. The van der Waals surface area contributed by atoms with E-state index in [0.29, 0.717) is 16.3 Å². The lowest BCUT2D eigenvalue weighted by Crippen LogP contribution is -2.13. The van der Waals surface area contributed by atoms with Gasteiger partial charge in [-0.2, -0.15) is 5.26 Å². The van der Waals surface area contributed by atoms with E-state index in [1.54, 1.807) is 18.3 Å². The van der Waals surface area contributed by atoms with Crippen LogP contribution in [0.25, 0.3) is 11.1 Å². The number of anilines is 1. The van der Waals surface area contributed by atoms with Crippen molar-refractivity contribution in [2.24, 2.45) is 0 Å². The molecule has 3 aromatic carbocycles. The maximum absolute atomic E-state index is 12.9. The van der Waals surface area contributed by atoms with Crippen molar-refractivity contribution in [2.45, 2.75) is 6.42 Å². The van der Waals surface area contributed by atoms with Crippen LogP contribution in [0.1, 0.15) is 26.4 Å². The topological polar surface area (TPSA) is 65.8 Å². The lowest BCUT2D eigenvalue weighted by Gasteiger charge is -2.10. The van der Waals surface area contributed by atoms with Gasteiger partial charge >= 0.3 is 0 Å². The first-order valence-corrected chi connectivity index (χ1v) is 9.95. The van der Waals surface area contributed by atoms with Crippen molar-refractivity contribution in [2.75, 3.05) is 5.32 Å². The Bertz CT molecular complexity index is 1190. The molecule has 5 heteroatoms. The van der Waals surface area contributed by atoms with Gasteiger partial charge in [-0.15, -0.1) is 11.3 Å². The fourth-order valence-corrected chi connectivity index (χ4v) is 3.98. The van der Waals surface area contributed by atoms with E-state index in [0.717, 1.165) is 22.4 Å². The van der Waals surface area contributed by atoms with Crippen molar-refractivity contribution in [3.63, 3.8) is 0 Å². The molecule has 1 amide bonds. The molecule has 0 fully saturated rings. The monoisotopic (exact) mass is 395 g/mol. The first-order chi connectivity index (χ1) is 14.2. The largest absolute Gasteiger partial charge is 0.298 e. The third-order valence-electron chi connectivity index (χ3n) is 4.50. The molecule has 0 radical (unpaired) electrons. The maximum Gasteiger partial charge on any atom is 0.258 e. The molecule has 1 heterocycles. The van der Waals surface area contributed by atoms with E-state index in [1.807, 2.05) is 54.6 Å². The van der Waals surface area contributed by atoms with E-state index in [4.69, 9.17) is 0 Å². The molecule has 0 atom stereocenters. The van der Waals surface area contributed by atoms with Gasteiger partial charge in [0, 0.05) is 28.6 Å². The van der Waals surface area contributed by atoms with Crippen molar-refractivity contribution in [1.82, 2.24) is 4.98 Å². The van der Waals surface area contributed by atoms with E-state index >= 15 is 0 Å². The van der Waals surface area contributed by atoms with Crippen molar-refractivity contribution in [1.29, 1.82) is 5.26 Å². The number of carbonyl (C=O) groups is 1. The summed E-state index contributed by atoms with van der Waals surface area (Å²) < 4.78 is 0. The summed E-state index contributed by atoms with van der Waals surface area (Å²) in [5.74, 6) is -0.242. The summed E-state index contributed by atoms with van der Waals surface area (Å²) in [7, 11) is 0. The van der Waals surface area contributed by atoms with Gasteiger partial charge < -0.3 is 0 Å². The van der Waals surface area contributed by atoms with Gasteiger partial charge in [0.15, 0.2) is 5.13 Å². The first-order valence-electron chi connectivity index (χ1n) is 9.13. The molecule has 0 aliphatic heterocycles. The van der Waals surface area contributed by atoms with Crippen LogP contribution in [0, 0.1) is 11.3 Å². The molecule has 0 spiro atoms. The summed E-state index contributed by atoms with van der Waals surface area (Å²) in [4.78, 5) is 18.4. The van der Waals surface area contributed by atoms with Gasteiger partial charge in [0.25, 0.3) is 5.91 Å². The molecule has 140 valence electrons. The SMILES string of the molecule is N#Cc1ccccc1-c1ccccc1C(=O)Nc1ncc(Cc2ccccc2)s1. The molecule has 0 aliphatic carbocycles. The Morgan fingerprint density at radius 1 is 0.931 bits per heavy atom. The van der Waals surface area contributed by atoms with Gasteiger partial charge in [0.1, 0.15) is 0 Å². The van der Waals surface area contributed by atoms with Crippen LogP contribution >= 0.6 is 11.3 Å². The molecule has 1 aromatic heterocycles. The number of amides is 1. The number of hydrogen-bond donors (Lipinski definition) is 1. The molecule has 1 N–H and O–H groups in total. The summed E-state index contributed by atoms with van der Waals surface area (Å²) in [5, 5.41) is 12.9. The zero-order valence-corrected chi connectivity index (χ0v) is 16.3. The highest BCUT2D eigenvalue weighted by Gasteiger charge is 2.16. The fourth-order valence-electron chi connectivity index (χ4n) is 3.14. The highest BCUT2D eigenvalue weighted by atomic mass is 32.1. The highest BCUT2D eigenvalue weighted by molar-refractivity contribution is 7.15. The van der Waals surface area contributed by atoms with Gasteiger partial charge in [-0.1, -0.05) is 66.7 Å². The van der Waals surface area contributed by atoms with Crippen LogP contribution in [0.5, 0.6) is 0 Å². The minimum absolute atomic E-state index is 0.242. The van der Waals surface area contributed by atoms with Crippen molar-refractivity contribution in [3.8, 4) is 17.2 Å². The zero-order chi connectivity index (χ0) is 20.1. The van der Waals surface area contributed by atoms with E-state index < -0.39 is 0 Å². The predicted molar refractivity (Wildman–Crippen MR) is 116 cm³/mol. The number of nitrogens with one attached hydrogen (secondary N) is 1. The van der Waals surface area contributed by atoms with Crippen LogP contribution < -0.4 is 5.32 Å². The quantitative estimate of drug-likeness (QED) is 0.483. The highest BCUT2D eigenvalue weighted by Crippen LogP contribution is 2.28. The molecule has 0 saturated carbocycles. The van der Waals surface area contributed by atoms with Gasteiger partial charge in [-0.25, -0.2) is 4.98 Å². The smallest absolute Gasteiger partial charge is 0.258 e. The van der Waals surface area contributed by atoms with Gasteiger partial charge in [-0.3, -0.25) is 10.1 Å². The number of nitrogens with zero attached hydrogens (tertiary/aromatic N) is 2. The van der Waals surface area contributed by atoms with Crippen LogP contribution in [0.15, 0.2) is 85.1 Å². The normalized spacial score (nSPS) is 10.3. The van der Waals surface area contributed by atoms with Crippen LogP contribution in [0.4, 0.5) is 5.13 Å². The third-order valence-corrected chi connectivity index (χ3v) is 5.42. The van der Waals surface area contributed by atoms with E-state index in [1.165, 1.54) is 16.9 Å². The summed E-state index contributed by atoms with van der Waals surface area (Å²) in [5.41, 5.74) is 3.71. The van der Waals surface area contributed by atoms with Gasteiger partial charge in [-0.05, 0) is 23.3 Å². The second kappa shape index (κ2) is 8.51. The molecule has 0 unspecified atom stereocenters.